The van der Waals surface area contributed by atoms with Crippen LogP contribution in [0.4, 0.5) is 22.4 Å². The lowest BCUT2D eigenvalue weighted by Gasteiger charge is -2.49. The van der Waals surface area contributed by atoms with Gasteiger partial charge in [-0.2, -0.15) is 13.2 Å². The number of carboxylic acid groups (broad SMARTS) is 1. The number of alkyl halides is 4. The minimum atomic E-state index is -4.98. The van der Waals surface area contributed by atoms with Gasteiger partial charge in [-0.3, -0.25) is 14.5 Å². The van der Waals surface area contributed by atoms with E-state index >= 15 is 0 Å². The fourth-order valence-electron chi connectivity index (χ4n) is 4.40. The molecule has 2 aliphatic carbocycles. The van der Waals surface area contributed by atoms with Gasteiger partial charge >= 0.3 is 18.2 Å². The fraction of sp³-hybridized carbons (Fsp3) is 0.812. The van der Waals surface area contributed by atoms with Gasteiger partial charge in [-0.05, 0) is 25.7 Å². The van der Waals surface area contributed by atoms with Crippen molar-refractivity contribution in [3.05, 3.63) is 0 Å². The highest BCUT2D eigenvalue weighted by molar-refractivity contribution is 5.88. The van der Waals surface area contributed by atoms with E-state index in [0.717, 1.165) is 9.80 Å². The van der Waals surface area contributed by atoms with Gasteiger partial charge in [0.1, 0.15) is 12.2 Å². The van der Waals surface area contributed by atoms with E-state index in [1.165, 1.54) is 4.90 Å². The largest absolute Gasteiger partial charge is 0.471 e. The van der Waals surface area contributed by atoms with Crippen LogP contribution in [-0.2, 0) is 9.59 Å². The van der Waals surface area contributed by atoms with Gasteiger partial charge in [-0.1, -0.05) is 0 Å². The summed E-state index contributed by atoms with van der Waals surface area (Å²) >= 11 is 0. The summed E-state index contributed by atoms with van der Waals surface area (Å²) in [6, 6.07) is -1.17. The first-order chi connectivity index (χ1) is 12.5. The maximum absolute atomic E-state index is 13.7. The van der Waals surface area contributed by atoms with Crippen LogP contribution >= 0.6 is 0 Å². The van der Waals surface area contributed by atoms with Crippen LogP contribution in [-0.4, -0.2) is 86.8 Å². The predicted molar refractivity (Wildman–Crippen MR) is 81.4 cm³/mol. The molecule has 2 atom stereocenters. The van der Waals surface area contributed by atoms with E-state index in [1.54, 1.807) is 0 Å². The summed E-state index contributed by atoms with van der Waals surface area (Å²) in [4.78, 5) is 39.3. The van der Waals surface area contributed by atoms with Crippen molar-refractivity contribution in [2.45, 2.75) is 61.6 Å². The first kappa shape index (κ1) is 18.3. The van der Waals surface area contributed by atoms with Crippen LogP contribution in [0.3, 0.4) is 0 Å². The van der Waals surface area contributed by atoms with Gasteiger partial charge in [0.2, 0.25) is 5.91 Å². The van der Waals surface area contributed by atoms with Crippen LogP contribution < -0.4 is 0 Å². The molecule has 0 bridgehead atoms. The van der Waals surface area contributed by atoms with Crippen LogP contribution in [0.25, 0.3) is 0 Å². The second-order valence-corrected chi connectivity index (χ2v) is 8.05. The van der Waals surface area contributed by atoms with Crippen molar-refractivity contribution in [1.29, 1.82) is 0 Å². The Bertz CT molecular complexity index is 704. The minimum absolute atomic E-state index is 0.0609. The second kappa shape index (κ2) is 5.48. The lowest BCUT2D eigenvalue weighted by molar-refractivity contribution is -0.194. The Labute approximate surface area is 151 Å². The van der Waals surface area contributed by atoms with Gasteiger partial charge in [-0.15, -0.1) is 0 Å². The quantitative estimate of drug-likeness (QED) is 0.683. The number of carbonyl (C=O) groups is 3. The maximum atomic E-state index is 13.7. The summed E-state index contributed by atoms with van der Waals surface area (Å²) in [6.45, 7) is -0.666. The average Bonchev–Trinajstić information content (AvgIpc) is 3.47. The molecule has 150 valence electrons. The Morgan fingerprint density at radius 2 is 1.48 bits per heavy atom. The zero-order valence-electron chi connectivity index (χ0n) is 14.3. The van der Waals surface area contributed by atoms with Crippen LogP contribution in [0.1, 0.15) is 32.1 Å². The van der Waals surface area contributed by atoms with Gasteiger partial charge in [0.25, 0.3) is 0 Å². The molecular formula is C16H19F4N3O4. The Kier molecular flexibility index (Phi) is 3.71. The summed E-state index contributed by atoms with van der Waals surface area (Å²) in [6.07, 6.45) is -6.49. The van der Waals surface area contributed by atoms with Crippen molar-refractivity contribution in [3.8, 4) is 0 Å². The molecule has 0 unspecified atom stereocenters. The number of hydrogen-bond donors (Lipinski definition) is 1. The highest BCUT2D eigenvalue weighted by Gasteiger charge is 2.67. The monoisotopic (exact) mass is 393 g/mol. The van der Waals surface area contributed by atoms with Crippen molar-refractivity contribution < 1.29 is 37.1 Å². The summed E-state index contributed by atoms with van der Waals surface area (Å²) < 4.78 is 52.7. The molecule has 4 fully saturated rings. The van der Waals surface area contributed by atoms with Crippen LogP contribution in [0, 0.1) is 0 Å². The third-order valence-corrected chi connectivity index (χ3v) is 6.24. The highest BCUT2D eigenvalue weighted by atomic mass is 19.4. The lowest BCUT2D eigenvalue weighted by atomic mass is 10.00. The van der Waals surface area contributed by atoms with E-state index in [2.05, 4.69) is 0 Å². The fourth-order valence-corrected chi connectivity index (χ4v) is 4.40. The molecule has 2 heterocycles. The lowest BCUT2D eigenvalue weighted by Crippen LogP contribution is -2.67. The molecule has 27 heavy (non-hydrogen) atoms. The van der Waals surface area contributed by atoms with Gasteiger partial charge in [0.15, 0.2) is 0 Å². The second-order valence-electron chi connectivity index (χ2n) is 8.05. The molecule has 4 rings (SSSR count). The molecule has 0 radical (unpaired) electrons. The third kappa shape index (κ3) is 2.82. The molecule has 2 saturated carbocycles. The van der Waals surface area contributed by atoms with Crippen molar-refractivity contribution in [2.24, 2.45) is 0 Å². The van der Waals surface area contributed by atoms with E-state index in [1.807, 2.05) is 0 Å². The predicted octanol–water partition coefficient (Wildman–Crippen LogP) is 1.38. The van der Waals surface area contributed by atoms with Gasteiger partial charge < -0.3 is 14.9 Å². The zero-order chi connectivity index (χ0) is 19.8. The molecule has 0 aromatic carbocycles. The Morgan fingerprint density at radius 1 is 0.963 bits per heavy atom. The van der Waals surface area contributed by atoms with Crippen molar-refractivity contribution in [2.75, 3.05) is 19.6 Å². The molecule has 3 amide bonds. The first-order valence-electron chi connectivity index (χ1n) is 8.83. The molecule has 7 nitrogen and oxygen atoms in total. The van der Waals surface area contributed by atoms with E-state index in [4.69, 9.17) is 0 Å². The maximum Gasteiger partial charge on any atom is 0.471 e. The van der Waals surface area contributed by atoms with E-state index in [0.29, 0.717) is 25.7 Å². The van der Waals surface area contributed by atoms with Crippen molar-refractivity contribution >= 4 is 17.9 Å². The molecule has 2 spiro atoms. The number of likely N-dealkylation sites (tertiary alicyclic amines) is 1. The molecule has 11 heteroatoms. The summed E-state index contributed by atoms with van der Waals surface area (Å²) in [5.41, 5.74) is -1.94. The highest BCUT2D eigenvalue weighted by Crippen LogP contribution is 2.55. The molecule has 4 aliphatic rings. The van der Waals surface area contributed by atoms with E-state index in [-0.39, 0.29) is 19.5 Å². The molecule has 1 N–H and O–H groups in total. The molecule has 0 aromatic rings. The van der Waals surface area contributed by atoms with E-state index < -0.39 is 53.9 Å². The smallest absolute Gasteiger partial charge is 0.465 e. The van der Waals surface area contributed by atoms with Crippen molar-refractivity contribution in [1.82, 2.24) is 14.7 Å². The Morgan fingerprint density at radius 3 is 1.96 bits per heavy atom. The minimum Gasteiger partial charge on any atom is -0.465 e. The van der Waals surface area contributed by atoms with E-state index in [9.17, 15) is 37.1 Å². The van der Waals surface area contributed by atoms with Crippen LogP contribution in [0.2, 0.25) is 0 Å². The number of carbonyl (C=O) groups excluding carboxylic acids is 2. The van der Waals surface area contributed by atoms with Crippen LogP contribution in [0.5, 0.6) is 0 Å². The number of rotatable bonds is 1. The normalized spacial score (nSPS) is 30.7. The third-order valence-electron chi connectivity index (χ3n) is 6.24. The average molecular weight is 393 g/mol. The summed E-state index contributed by atoms with van der Waals surface area (Å²) in [7, 11) is 0. The molecule has 2 aliphatic heterocycles. The van der Waals surface area contributed by atoms with Gasteiger partial charge in [0.05, 0.1) is 17.6 Å². The first-order valence-corrected chi connectivity index (χ1v) is 8.83. The number of halogens is 4. The number of nitrogens with zero attached hydrogens (tertiary/aromatic N) is 3. The number of amides is 3. The van der Waals surface area contributed by atoms with Crippen molar-refractivity contribution in [3.63, 3.8) is 0 Å². The standard InChI is InChI=1S/C16H19F4N3O4/c17-9-5-10(21(6-9)13(26)27)11(24)22-7-15(3-4-15)23(8-14(22)1-2-14)12(25)16(18,19)20/h9-10H,1-8H2,(H,26,27)/t9-,10+/m1/s1. The Balaban J connectivity index is 1.58. The number of hydrogen-bond acceptors (Lipinski definition) is 3. The van der Waals surface area contributed by atoms with Gasteiger partial charge in [-0.25, -0.2) is 9.18 Å². The zero-order valence-corrected chi connectivity index (χ0v) is 14.3. The summed E-state index contributed by atoms with van der Waals surface area (Å²) in [5, 5.41) is 9.22. The molecular weight excluding hydrogens is 374 g/mol. The molecule has 0 aromatic heterocycles. The number of piperazine rings is 1. The molecule has 2 saturated heterocycles. The van der Waals surface area contributed by atoms with Gasteiger partial charge in [0, 0.05) is 19.5 Å². The Hall–Kier alpha value is -2.07. The topological polar surface area (TPSA) is 81.2 Å². The van der Waals surface area contributed by atoms with Crippen LogP contribution in [0.15, 0.2) is 0 Å². The summed E-state index contributed by atoms with van der Waals surface area (Å²) in [5.74, 6) is -2.46. The SMILES string of the molecule is O=C(O)N1C[C@H](F)C[C@H]1C(=O)N1CC2(CC2)N(C(=O)C(F)(F)F)CC12CC2.